The molecule has 1 aromatic rings. The number of carbonyl (C=O) groups is 1. The molecule has 1 saturated heterocycles. The van der Waals surface area contributed by atoms with Gasteiger partial charge in [-0.2, -0.15) is 0 Å². The molecule has 0 bridgehead atoms. The molecule has 0 spiro atoms. The fraction of sp³-hybridized carbons (Fsp3) is 0.562. The monoisotopic (exact) mass is 312 g/mol. The lowest BCUT2D eigenvalue weighted by Crippen LogP contribution is -2.35. The number of carbonyl (C=O) groups excluding carboxylic acids is 1. The van der Waals surface area contributed by atoms with Gasteiger partial charge in [-0.25, -0.2) is 0 Å². The van der Waals surface area contributed by atoms with E-state index < -0.39 is 0 Å². The molecule has 21 heavy (non-hydrogen) atoms. The Hall–Kier alpha value is -1.10. The first-order valence-corrected chi connectivity index (χ1v) is 7.44. The largest absolute Gasteiger partial charge is 0.373 e. The second-order valence-corrected chi connectivity index (χ2v) is 5.30. The minimum Gasteiger partial charge on any atom is -0.373 e. The normalized spacial score (nSPS) is 21.4. The number of benzene rings is 1. The third kappa shape index (κ3) is 5.65. The zero-order valence-electron chi connectivity index (χ0n) is 12.3. The molecule has 2 atom stereocenters. The highest BCUT2D eigenvalue weighted by Crippen LogP contribution is 2.32. The van der Waals surface area contributed by atoms with E-state index in [0.717, 1.165) is 25.9 Å². The summed E-state index contributed by atoms with van der Waals surface area (Å²) in [5.41, 5.74) is 6.62. The van der Waals surface area contributed by atoms with Gasteiger partial charge in [0.25, 0.3) is 0 Å². The van der Waals surface area contributed by atoms with Crippen LogP contribution in [0.1, 0.15) is 37.4 Å². The Kier molecular flexibility index (Phi) is 8.35. The molecule has 2 rings (SSSR count). The van der Waals surface area contributed by atoms with Gasteiger partial charge in [-0.3, -0.25) is 4.79 Å². The van der Waals surface area contributed by atoms with Gasteiger partial charge >= 0.3 is 0 Å². The SMILES string of the molecule is Cl.NCCCC(=O)NCC1CCCOC1c1ccccc1. The number of nitrogens with two attached hydrogens (primary N) is 1. The fourth-order valence-electron chi connectivity index (χ4n) is 2.66. The van der Waals surface area contributed by atoms with E-state index in [9.17, 15) is 4.79 Å². The predicted molar refractivity (Wildman–Crippen MR) is 86.4 cm³/mol. The van der Waals surface area contributed by atoms with Gasteiger partial charge in [0.1, 0.15) is 0 Å². The van der Waals surface area contributed by atoms with Crippen LogP contribution >= 0.6 is 12.4 Å². The first kappa shape index (κ1) is 18.0. The van der Waals surface area contributed by atoms with Gasteiger partial charge in [0.2, 0.25) is 5.91 Å². The van der Waals surface area contributed by atoms with Crippen LogP contribution in [-0.2, 0) is 9.53 Å². The molecule has 1 heterocycles. The van der Waals surface area contributed by atoms with E-state index in [2.05, 4.69) is 17.4 Å². The third-order valence-electron chi connectivity index (χ3n) is 3.74. The van der Waals surface area contributed by atoms with Crippen LogP contribution in [0.15, 0.2) is 30.3 Å². The van der Waals surface area contributed by atoms with Gasteiger partial charge in [0.15, 0.2) is 0 Å². The van der Waals surface area contributed by atoms with Crippen molar-refractivity contribution in [3.8, 4) is 0 Å². The van der Waals surface area contributed by atoms with Crippen molar-refractivity contribution in [1.29, 1.82) is 0 Å². The molecule has 1 fully saturated rings. The second-order valence-electron chi connectivity index (χ2n) is 5.30. The van der Waals surface area contributed by atoms with Crippen molar-refractivity contribution in [2.45, 2.75) is 31.8 Å². The van der Waals surface area contributed by atoms with Crippen molar-refractivity contribution in [2.75, 3.05) is 19.7 Å². The summed E-state index contributed by atoms with van der Waals surface area (Å²) in [6, 6.07) is 10.3. The quantitative estimate of drug-likeness (QED) is 0.848. The van der Waals surface area contributed by atoms with E-state index in [4.69, 9.17) is 10.5 Å². The summed E-state index contributed by atoms with van der Waals surface area (Å²) in [6.07, 6.45) is 3.51. The molecule has 1 aromatic carbocycles. The molecule has 1 aliphatic rings. The summed E-state index contributed by atoms with van der Waals surface area (Å²) in [5.74, 6) is 0.445. The summed E-state index contributed by atoms with van der Waals surface area (Å²) < 4.78 is 5.92. The summed E-state index contributed by atoms with van der Waals surface area (Å²) in [7, 11) is 0. The highest BCUT2D eigenvalue weighted by atomic mass is 35.5. The van der Waals surface area contributed by atoms with Crippen LogP contribution in [0, 0.1) is 5.92 Å². The lowest BCUT2D eigenvalue weighted by molar-refractivity contribution is -0.122. The number of rotatable bonds is 6. The lowest BCUT2D eigenvalue weighted by atomic mass is 9.89. The van der Waals surface area contributed by atoms with Crippen molar-refractivity contribution < 1.29 is 9.53 Å². The topological polar surface area (TPSA) is 64.4 Å². The van der Waals surface area contributed by atoms with Crippen molar-refractivity contribution in [1.82, 2.24) is 5.32 Å². The van der Waals surface area contributed by atoms with Gasteiger partial charge in [-0.15, -0.1) is 12.4 Å². The molecule has 1 aliphatic heterocycles. The van der Waals surface area contributed by atoms with Crippen molar-refractivity contribution >= 4 is 18.3 Å². The Morgan fingerprint density at radius 1 is 1.33 bits per heavy atom. The molecule has 0 aliphatic carbocycles. The van der Waals surface area contributed by atoms with E-state index in [1.54, 1.807) is 0 Å². The van der Waals surface area contributed by atoms with Crippen LogP contribution in [0.5, 0.6) is 0 Å². The Morgan fingerprint density at radius 2 is 2.10 bits per heavy atom. The van der Waals surface area contributed by atoms with Gasteiger partial charge < -0.3 is 15.8 Å². The summed E-state index contributed by atoms with van der Waals surface area (Å²) >= 11 is 0. The number of hydrogen-bond acceptors (Lipinski definition) is 3. The van der Waals surface area contributed by atoms with Crippen molar-refractivity contribution in [2.24, 2.45) is 11.7 Å². The number of ether oxygens (including phenoxy) is 1. The van der Waals surface area contributed by atoms with Crippen LogP contribution < -0.4 is 11.1 Å². The number of hydrogen-bond donors (Lipinski definition) is 2. The molecule has 0 aromatic heterocycles. The minimum atomic E-state index is 0. The van der Waals surface area contributed by atoms with Gasteiger partial charge in [0, 0.05) is 25.5 Å². The standard InChI is InChI=1S/C16H24N2O2.ClH/c17-10-4-9-15(19)18-12-14-8-5-11-20-16(14)13-6-2-1-3-7-13;/h1-3,6-7,14,16H,4-5,8-12,17H2,(H,18,19);1H. The molecule has 5 heteroatoms. The third-order valence-corrected chi connectivity index (χ3v) is 3.74. The molecule has 3 N–H and O–H groups in total. The minimum absolute atomic E-state index is 0. The average molecular weight is 313 g/mol. The van der Waals surface area contributed by atoms with E-state index in [1.165, 1.54) is 5.56 Å². The molecule has 0 radical (unpaired) electrons. The van der Waals surface area contributed by atoms with Crippen LogP contribution in [0.3, 0.4) is 0 Å². The maximum absolute atomic E-state index is 11.7. The number of halogens is 1. The van der Waals surface area contributed by atoms with E-state index >= 15 is 0 Å². The number of nitrogens with one attached hydrogen (secondary N) is 1. The van der Waals surface area contributed by atoms with E-state index in [-0.39, 0.29) is 24.4 Å². The van der Waals surface area contributed by atoms with Gasteiger partial charge in [0.05, 0.1) is 6.10 Å². The molecule has 0 saturated carbocycles. The van der Waals surface area contributed by atoms with Gasteiger partial charge in [-0.1, -0.05) is 30.3 Å². The van der Waals surface area contributed by atoms with E-state index in [0.29, 0.717) is 25.4 Å². The average Bonchev–Trinajstić information content (AvgIpc) is 2.52. The first-order chi connectivity index (χ1) is 9.81. The maximum atomic E-state index is 11.7. The molecule has 1 amide bonds. The number of amides is 1. The second kappa shape index (κ2) is 9.77. The summed E-state index contributed by atoms with van der Waals surface area (Å²) in [4.78, 5) is 11.7. The van der Waals surface area contributed by atoms with Crippen LogP contribution in [0.4, 0.5) is 0 Å². The Bertz CT molecular complexity index is 414. The Labute approximate surface area is 132 Å². The molecule has 4 nitrogen and oxygen atoms in total. The summed E-state index contributed by atoms with van der Waals surface area (Å²) in [5, 5.41) is 3.01. The van der Waals surface area contributed by atoms with Crippen molar-refractivity contribution in [3.05, 3.63) is 35.9 Å². The Balaban J connectivity index is 0.00000220. The van der Waals surface area contributed by atoms with E-state index in [1.807, 2.05) is 18.2 Å². The zero-order chi connectivity index (χ0) is 14.2. The maximum Gasteiger partial charge on any atom is 0.220 e. The van der Waals surface area contributed by atoms with Crippen molar-refractivity contribution in [3.63, 3.8) is 0 Å². The zero-order valence-corrected chi connectivity index (χ0v) is 13.1. The molecule has 118 valence electrons. The highest BCUT2D eigenvalue weighted by Gasteiger charge is 2.27. The first-order valence-electron chi connectivity index (χ1n) is 7.44. The van der Waals surface area contributed by atoms with Crippen LogP contribution in [0.2, 0.25) is 0 Å². The Morgan fingerprint density at radius 3 is 2.81 bits per heavy atom. The molecular formula is C16H25ClN2O2. The lowest BCUT2D eigenvalue weighted by Gasteiger charge is -2.32. The van der Waals surface area contributed by atoms with Crippen LogP contribution in [-0.4, -0.2) is 25.6 Å². The summed E-state index contributed by atoms with van der Waals surface area (Å²) in [6.45, 7) is 2.05. The van der Waals surface area contributed by atoms with Gasteiger partial charge in [-0.05, 0) is 31.4 Å². The highest BCUT2D eigenvalue weighted by molar-refractivity contribution is 5.85. The van der Waals surface area contributed by atoms with Crippen LogP contribution in [0.25, 0.3) is 0 Å². The molecular weight excluding hydrogens is 288 g/mol. The predicted octanol–water partition coefficient (Wildman–Crippen LogP) is 2.43. The molecule has 2 unspecified atom stereocenters. The smallest absolute Gasteiger partial charge is 0.220 e. The fourth-order valence-corrected chi connectivity index (χ4v) is 2.66.